The molecule has 20 heavy (non-hydrogen) atoms. The van der Waals surface area contributed by atoms with Gasteiger partial charge in [0.25, 0.3) is 0 Å². The number of rotatable bonds is 7. The molecule has 112 valence electrons. The van der Waals surface area contributed by atoms with E-state index in [1.165, 1.54) is 31.2 Å². The lowest BCUT2D eigenvalue weighted by Gasteiger charge is -2.17. The van der Waals surface area contributed by atoms with Crippen LogP contribution in [-0.4, -0.2) is 26.4 Å². The van der Waals surface area contributed by atoms with Crippen molar-refractivity contribution >= 4 is 31.9 Å². The lowest BCUT2D eigenvalue weighted by atomic mass is 10.2. The van der Waals surface area contributed by atoms with Gasteiger partial charge in [-0.2, -0.15) is 0 Å². The molecule has 0 radical (unpaired) electrons. The summed E-state index contributed by atoms with van der Waals surface area (Å²) in [6, 6.07) is 4.24. The second-order valence-electron chi connectivity index (χ2n) is 5.08. The van der Waals surface area contributed by atoms with Crippen LogP contribution in [-0.2, 0) is 11.3 Å². The summed E-state index contributed by atoms with van der Waals surface area (Å²) >= 11 is 7.24. The van der Waals surface area contributed by atoms with Crippen LogP contribution >= 0.6 is 31.9 Å². The highest BCUT2D eigenvalue weighted by molar-refractivity contribution is 9.11. The third-order valence-corrected chi connectivity index (χ3v) is 4.63. The van der Waals surface area contributed by atoms with Crippen molar-refractivity contribution in [2.75, 3.05) is 20.3 Å². The fraction of sp³-hybridized carbons (Fsp3) is 0.600. The Morgan fingerprint density at radius 1 is 1.20 bits per heavy atom. The molecule has 0 saturated heterocycles. The highest BCUT2D eigenvalue weighted by Gasteiger charge is 2.19. The maximum absolute atomic E-state index is 6.10. The topological polar surface area (TPSA) is 30.5 Å². The summed E-state index contributed by atoms with van der Waals surface area (Å²) in [4.78, 5) is 0. The smallest absolute Gasteiger partial charge is 0.148 e. The summed E-state index contributed by atoms with van der Waals surface area (Å²) in [7, 11) is 1.71. The first-order valence-electron chi connectivity index (χ1n) is 7.05. The summed E-state index contributed by atoms with van der Waals surface area (Å²) in [5.41, 5.74) is 1.22. The van der Waals surface area contributed by atoms with E-state index in [9.17, 15) is 0 Å². The van der Waals surface area contributed by atoms with Crippen LogP contribution in [0.3, 0.4) is 0 Å². The zero-order valence-electron chi connectivity index (χ0n) is 11.8. The zero-order chi connectivity index (χ0) is 14.4. The minimum absolute atomic E-state index is 0.369. The first-order valence-corrected chi connectivity index (χ1v) is 8.63. The van der Waals surface area contributed by atoms with Crippen LogP contribution in [0.25, 0.3) is 0 Å². The van der Waals surface area contributed by atoms with Crippen LogP contribution in [0.15, 0.2) is 21.1 Å². The van der Waals surface area contributed by atoms with Gasteiger partial charge in [-0.25, -0.2) is 0 Å². The third-order valence-electron chi connectivity index (χ3n) is 3.46. The summed E-state index contributed by atoms with van der Waals surface area (Å²) in [6.07, 6.45) is 5.26. The number of benzene rings is 1. The van der Waals surface area contributed by atoms with Gasteiger partial charge in [-0.15, -0.1) is 0 Å². The highest BCUT2D eigenvalue weighted by atomic mass is 79.9. The molecule has 0 aliphatic heterocycles. The monoisotopic (exact) mass is 405 g/mol. The Kier molecular flexibility index (Phi) is 6.81. The van der Waals surface area contributed by atoms with Crippen LogP contribution in [0.5, 0.6) is 5.75 Å². The van der Waals surface area contributed by atoms with Crippen molar-refractivity contribution in [2.24, 2.45) is 0 Å². The molecule has 3 nitrogen and oxygen atoms in total. The lowest BCUT2D eigenvalue weighted by molar-refractivity contribution is 0.199. The Morgan fingerprint density at radius 3 is 2.45 bits per heavy atom. The molecule has 1 aromatic carbocycles. The number of halogens is 2. The van der Waals surface area contributed by atoms with E-state index in [1.54, 1.807) is 7.11 Å². The SMILES string of the molecule is COCCNCc1cc(Br)c(OC2CCCC2)c(Br)c1. The molecule has 0 bridgehead atoms. The quantitative estimate of drug-likeness (QED) is 0.686. The largest absolute Gasteiger partial charge is 0.488 e. The van der Waals surface area contributed by atoms with E-state index >= 15 is 0 Å². The fourth-order valence-corrected chi connectivity index (χ4v) is 3.88. The number of methoxy groups -OCH3 is 1. The predicted octanol–water partition coefficient (Wildman–Crippen LogP) is 4.27. The first-order chi connectivity index (χ1) is 9.70. The van der Waals surface area contributed by atoms with Crippen LogP contribution in [0.4, 0.5) is 0 Å². The number of hydrogen-bond acceptors (Lipinski definition) is 3. The molecule has 0 aromatic heterocycles. The van der Waals surface area contributed by atoms with E-state index in [2.05, 4.69) is 49.3 Å². The van der Waals surface area contributed by atoms with Crippen molar-refractivity contribution in [3.63, 3.8) is 0 Å². The molecular weight excluding hydrogens is 386 g/mol. The Bertz CT molecular complexity index is 411. The minimum atomic E-state index is 0.369. The van der Waals surface area contributed by atoms with Gasteiger partial charge in [-0.1, -0.05) is 0 Å². The van der Waals surface area contributed by atoms with Gasteiger partial charge in [0, 0.05) is 20.2 Å². The van der Waals surface area contributed by atoms with E-state index in [1.807, 2.05) is 0 Å². The molecule has 0 atom stereocenters. The molecule has 0 unspecified atom stereocenters. The fourth-order valence-electron chi connectivity index (χ4n) is 2.41. The van der Waals surface area contributed by atoms with Gasteiger partial charge in [0.2, 0.25) is 0 Å². The molecule has 0 amide bonds. The Hall–Kier alpha value is -0.100. The van der Waals surface area contributed by atoms with Crippen molar-refractivity contribution in [3.05, 3.63) is 26.6 Å². The summed E-state index contributed by atoms with van der Waals surface area (Å²) in [5.74, 6) is 0.928. The van der Waals surface area contributed by atoms with Crippen molar-refractivity contribution < 1.29 is 9.47 Å². The number of nitrogens with one attached hydrogen (secondary N) is 1. The van der Waals surface area contributed by atoms with E-state index in [-0.39, 0.29) is 0 Å². The average Bonchev–Trinajstić information content (AvgIpc) is 2.92. The highest BCUT2D eigenvalue weighted by Crippen LogP contribution is 2.37. The van der Waals surface area contributed by atoms with Crippen LogP contribution < -0.4 is 10.1 Å². The van der Waals surface area contributed by atoms with Crippen molar-refractivity contribution in [2.45, 2.75) is 38.3 Å². The van der Waals surface area contributed by atoms with E-state index in [0.29, 0.717) is 6.10 Å². The molecule has 1 aliphatic carbocycles. The van der Waals surface area contributed by atoms with Gasteiger partial charge >= 0.3 is 0 Å². The summed E-state index contributed by atoms with van der Waals surface area (Å²) < 4.78 is 13.2. The summed E-state index contributed by atoms with van der Waals surface area (Å²) in [6.45, 7) is 2.40. The third kappa shape index (κ3) is 4.72. The average molecular weight is 407 g/mol. The molecule has 0 spiro atoms. The van der Waals surface area contributed by atoms with E-state index in [0.717, 1.165) is 34.4 Å². The van der Waals surface area contributed by atoms with Gasteiger partial charge in [0.15, 0.2) is 0 Å². The van der Waals surface area contributed by atoms with Crippen molar-refractivity contribution in [1.82, 2.24) is 5.32 Å². The first kappa shape index (κ1) is 16.3. The normalized spacial score (nSPS) is 15.8. The Morgan fingerprint density at radius 2 is 1.85 bits per heavy atom. The predicted molar refractivity (Wildman–Crippen MR) is 88.3 cm³/mol. The lowest BCUT2D eigenvalue weighted by Crippen LogP contribution is -2.18. The number of ether oxygens (including phenoxy) is 2. The standard InChI is InChI=1S/C15H21Br2NO2/c1-19-7-6-18-10-11-8-13(16)15(14(17)9-11)20-12-4-2-3-5-12/h8-9,12,18H,2-7,10H2,1H3. The van der Waals surface area contributed by atoms with Gasteiger partial charge in [0.1, 0.15) is 5.75 Å². The molecular formula is C15H21Br2NO2. The van der Waals surface area contributed by atoms with Crippen LogP contribution in [0, 0.1) is 0 Å². The zero-order valence-corrected chi connectivity index (χ0v) is 14.9. The van der Waals surface area contributed by atoms with E-state index in [4.69, 9.17) is 9.47 Å². The van der Waals surface area contributed by atoms with Gasteiger partial charge in [0.05, 0.1) is 21.7 Å². The molecule has 2 rings (SSSR count). The Balaban J connectivity index is 1.96. The number of hydrogen-bond donors (Lipinski definition) is 1. The molecule has 0 heterocycles. The van der Waals surface area contributed by atoms with Crippen molar-refractivity contribution in [3.8, 4) is 5.75 Å². The second kappa shape index (κ2) is 8.37. The van der Waals surface area contributed by atoms with Crippen molar-refractivity contribution in [1.29, 1.82) is 0 Å². The van der Waals surface area contributed by atoms with Crippen LogP contribution in [0.1, 0.15) is 31.2 Å². The molecule has 1 aliphatic rings. The maximum Gasteiger partial charge on any atom is 0.148 e. The van der Waals surface area contributed by atoms with Gasteiger partial charge in [-0.3, -0.25) is 0 Å². The maximum atomic E-state index is 6.10. The molecule has 1 aromatic rings. The van der Waals surface area contributed by atoms with Gasteiger partial charge in [-0.05, 0) is 75.2 Å². The molecule has 1 saturated carbocycles. The molecule has 1 fully saturated rings. The summed E-state index contributed by atoms with van der Waals surface area (Å²) in [5, 5.41) is 3.34. The van der Waals surface area contributed by atoms with Gasteiger partial charge < -0.3 is 14.8 Å². The molecule has 5 heteroatoms. The molecule has 1 N–H and O–H groups in total. The second-order valence-corrected chi connectivity index (χ2v) is 6.79. The Labute approximate surface area is 137 Å². The van der Waals surface area contributed by atoms with Crippen LogP contribution in [0.2, 0.25) is 0 Å². The van der Waals surface area contributed by atoms with E-state index < -0.39 is 0 Å². The minimum Gasteiger partial charge on any atom is -0.488 e.